The number of amides is 1. The van der Waals surface area contributed by atoms with Crippen LogP contribution < -0.4 is 15.8 Å². The van der Waals surface area contributed by atoms with Crippen LogP contribution in [0.4, 0.5) is 20.2 Å². The molecule has 0 bridgehead atoms. The van der Waals surface area contributed by atoms with Crippen molar-refractivity contribution in [3.8, 4) is 5.75 Å². The molecule has 0 spiro atoms. The molecule has 0 fully saturated rings. The summed E-state index contributed by atoms with van der Waals surface area (Å²) in [4.78, 5) is 12.0. The number of nitrogens with one attached hydrogen (secondary N) is 1. The lowest BCUT2D eigenvalue weighted by molar-refractivity contribution is 0.101. The van der Waals surface area contributed by atoms with Gasteiger partial charge in [-0.15, -0.1) is 0 Å². The van der Waals surface area contributed by atoms with Crippen molar-refractivity contribution in [2.24, 2.45) is 0 Å². The predicted molar refractivity (Wildman–Crippen MR) is 76.7 cm³/mol. The van der Waals surface area contributed by atoms with E-state index in [4.69, 9.17) is 22.1 Å². The number of rotatable bonds is 3. The van der Waals surface area contributed by atoms with Crippen LogP contribution in [0.5, 0.6) is 5.75 Å². The summed E-state index contributed by atoms with van der Waals surface area (Å²) in [6.45, 7) is 0. The monoisotopic (exact) mass is 312 g/mol. The molecule has 1 amide bonds. The topological polar surface area (TPSA) is 64.3 Å². The van der Waals surface area contributed by atoms with Gasteiger partial charge in [0.1, 0.15) is 17.1 Å². The first-order valence-corrected chi connectivity index (χ1v) is 6.20. The predicted octanol–water partition coefficient (Wildman–Crippen LogP) is 3.46. The van der Waals surface area contributed by atoms with Crippen LogP contribution in [0.1, 0.15) is 10.4 Å². The van der Waals surface area contributed by atoms with Gasteiger partial charge < -0.3 is 15.8 Å². The van der Waals surface area contributed by atoms with E-state index in [-0.39, 0.29) is 16.4 Å². The summed E-state index contributed by atoms with van der Waals surface area (Å²) in [6.07, 6.45) is 0. The summed E-state index contributed by atoms with van der Waals surface area (Å²) in [5, 5.41) is 2.53. The number of carbonyl (C=O) groups excluding carboxylic acids is 1. The van der Waals surface area contributed by atoms with Gasteiger partial charge in [-0.1, -0.05) is 11.6 Å². The summed E-state index contributed by atoms with van der Waals surface area (Å²) < 4.78 is 32.4. The van der Waals surface area contributed by atoms with Crippen LogP contribution in [0.3, 0.4) is 0 Å². The Morgan fingerprint density at radius 2 is 2.00 bits per heavy atom. The van der Waals surface area contributed by atoms with Crippen molar-refractivity contribution in [1.29, 1.82) is 0 Å². The molecule has 110 valence electrons. The van der Waals surface area contributed by atoms with Crippen molar-refractivity contribution in [3.63, 3.8) is 0 Å². The van der Waals surface area contributed by atoms with Gasteiger partial charge in [0.15, 0.2) is 5.82 Å². The lowest BCUT2D eigenvalue weighted by atomic mass is 10.1. The largest absolute Gasteiger partial charge is 0.497 e. The molecule has 0 aliphatic heterocycles. The van der Waals surface area contributed by atoms with Crippen LogP contribution in [0.25, 0.3) is 0 Å². The molecule has 0 aliphatic rings. The third kappa shape index (κ3) is 3.05. The van der Waals surface area contributed by atoms with Crippen molar-refractivity contribution < 1.29 is 18.3 Å². The van der Waals surface area contributed by atoms with Crippen LogP contribution in [0, 0.1) is 11.6 Å². The van der Waals surface area contributed by atoms with Crippen LogP contribution in [-0.4, -0.2) is 13.0 Å². The van der Waals surface area contributed by atoms with Gasteiger partial charge in [0.05, 0.1) is 23.5 Å². The average molecular weight is 313 g/mol. The second-order valence-corrected chi connectivity index (χ2v) is 4.53. The maximum atomic E-state index is 13.8. The number of ether oxygens (including phenoxy) is 1. The van der Waals surface area contributed by atoms with Crippen LogP contribution in [-0.2, 0) is 0 Å². The number of methoxy groups -OCH3 is 1. The highest BCUT2D eigenvalue weighted by Crippen LogP contribution is 2.28. The molecule has 2 aromatic rings. The molecule has 7 heteroatoms. The number of carbonyl (C=O) groups is 1. The van der Waals surface area contributed by atoms with Crippen molar-refractivity contribution >= 4 is 28.9 Å². The number of anilines is 2. The molecule has 21 heavy (non-hydrogen) atoms. The quantitative estimate of drug-likeness (QED) is 0.853. The molecule has 0 heterocycles. The highest BCUT2D eigenvalue weighted by Gasteiger charge is 2.20. The lowest BCUT2D eigenvalue weighted by Crippen LogP contribution is -2.17. The van der Waals surface area contributed by atoms with E-state index in [0.29, 0.717) is 5.75 Å². The standard InChI is InChI=1S/C14H11ClF2N2O2/c1-21-7-2-3-8(15)11(6-7)19-14(20)12-9(16)4-5-10(18)13(12)17/h2-6H,18H2,1H3,(H,19,20). The summed E-state index contributed by atoms with van der Waals surface area (Å²) >= 11 is 5.91. The minimum Gasteiger partial charge on any atom is -0.497 e. The van der Waals surface area contributed by atoms with Gasteiger partial charge in [0, 0.05) is 6.07 Å². The average Bonchev–Trinajstić information content (AvgIpc) is 2.46. The van der Waals surface area contributed by atoms with Crippen LogP contribution >= 0.6 is 11.6 Å². The Morgan fingerprint density at radius 1 is 1.29 bits per heavy atom. The minimum atomic E-state index is -1.12. The number of hydrogen-bond acceptors (Lipinski definition) is 3. The van der Waals surface area contributed by atoms with E-state index in [9.17, 15) is 13.6 Å². The van der Waals surface area contributed by atoms with Crippen molar-refractivity contribution in [2.45, 2.75) is 0 Å². The van der Waals surface area contributed by atoms with Gasteiger partial charge in [-0.05, 0) is 24.3 Å². The summed E-state index contributed by atoms with van der Waals surface area (Å²) in [5.74, 6) is -2.69. The fourth-order valence-corrected chi connectivity index (χ4v) is 1.85. The van der Waals surface area contributed by atoms with Gasteiger partial charge in [-0.2, -0.15) is 0 Å². The maximum Gasteiger partial charge on any atom is 0.261 e. The third-order valence-corrected chi connectivity index (χ3v) is 3.10. The number of benzene rings is 2. The van der Waals surface area contributed by atoms with E-state index in [0.717, 1.165) is 12.1 Å². The third-order valence-electron chi connectivity index (χ3n) is 2.77. The molecule has 0 aliphatic carbocycles. The summed E-state index contributed by atoms with van der Waals surface area (Å²) in [5.41, 5.74) is 4.41. The Bertz CT molecular complexity index is 708. The molecule has 0 unspecified atom stereocenters. The highest BCUT2D eigenvalue weighted by molar-refractivity contribution is 6.34. The van der Waals surface area contributed by atoms with E-state index in [2.05, 4.69) is 5.32 Å². The molecule has 0 saturated heterocycles. The zero-order valence-electron chi connectivity index (χ0n) is 10.9. The van der Waals surface area contributed by atoms with E-state index in [1.165, 1.54) is 19.2 Å². The lowest BCUT2D eigenvalue weighted by Gasteiger charge is -2.11. The minimum absolute atomic E-state index is 0.169. The zero-order valence-corrected chi connectivity index (χ0v) is 11.7. The van der Waals surface area contributed by atoms with E-state index in [1.807, 2.05) is 0 Å². The fraction of sp³-hybridized carbons (Fsp3) is 0.0714. The Balaban J connectivity index is 2.37. The Morgan fingerprint density at radius 3 is 2.67 bits per heavy atom. The molecular formula is C14H11ClF2N2O2. The SMILES string of the molecule is COc1ccc(Cl)c(NC(=O)c2c(F)ccc(N)c2F)c1. The summed E-state index contributed by atoms with van der Waals surface area (Å²) in [7, 11) is 1.44. The molecule has 2 rings (SSSR count). The Kier molecular flexibility index (Phi) is 4.28. The smallest absolute Gasteiger partial charge is 0.261 e. The summed E-state index contributed by atoms with van der Waals surface area (Å²) in [6, 6.07) is 6.46. The molecule has 0 atom stereocenters. The van der Waals surface area contributed by atoms with E-state index in [1.54, 1.807) is 6.07 Å². The van der Waals surface area contributed by atoms with E-state index < -0.39 is 23.1 Å². The molecule has 4 nitrogen and oxygen atoms in total. The molecule has 0 aromatic heterocycles. The van der Waals surface area contributed by atoms with E-state index >= 15 is 0 Å². The fourth-order valence-electron chi connectivity index (χ4n) is 1.69. The molecule has 0 radical (unpaired) electrons. The maximum absolute atomic E-state index is 13.8. The molecule has 0 saturated carbocycles. The van der Waals surface area contributed by atoms with Crippen molar-refractivity contribution in [1.82, 2.24) is 0 Å². The first-order chi connectivity index (χ1) is 9.93. The molecular weight excluding hydrogens is 302 g/mol. The number of nitrogen functional groups attached to an aromatic ring is 1. The van der Waals surface area contributed by atoms with Gasteiger partial charge >= 0.3 is 0 Å². The van der Waals surface area contributed by atoms with Gasteiger partial charge in [-0.25, -0.2) is 8.78 Å². The van der Waals surface area contributed by atoms with Crippen LogP contribution in [0.2, 0.25) is 5.02 Å². The first kappa shape index (κ1) is 15.1. The van der Waals surface area contributed by atoms with Crippen molar-refractivity contribution in [2.75, 3.05) is 18.2 Å². The Hall–Kier alpha value is -2.34. The van der Waals surface area contributed by atoms with Gasteiger partial charge in [-0.3, -0.25) is 4.79 Å². The van der Waals surface area contributed by atoms with Gasteiger partial charge in [0.25, 0.3) is 5.91 Å². The molecule has 2 aromatic carbocycles. The highest BCUT2D eigenvalue weighted by atomic mass is 35.5. The van der Waals surface area contributed by atoms with Crippen molar-refractivity contribution in [3.05, 3.63) is 52.6 Å². The number of nitrogens with two attached hydrogens (primary N) is 1. The second-order valence-electron chi connectivity index (χ2n) is 4.13. The Labute approximate surface area is 124 Å². The first-order valence-electron chi connectivity index (χ1n) is 5.82. The molecule has 3 N–H and O–H groups in total. The van der Waals surface area contributed by atoms with Gasteiger partial charge in [0.2, 0.25) is 0 Å². The second kappa shape index (κ2) is 5.97. The number of hydrogen-bond donors (Lipinski definition) is 2. The normalized spacial score (nSPS) is 10.3. The number of halogens is 3. The zero-order chi connectivity index (χ0) is 15.6. The van der Waals surface area contributed by atoms with Crippen LogP contribution in [0.15, 0.2) is 30.3 Å².